The standard InChI is InChI=1S/C24H27N5O2/c1-16-26-21-13-17(14-25)5-10-22(21)29(16)20-8-6-18(7-9-20)27-19-11-12-28(15-19)23(30)31-24(2,3)4/h5-10,13,19,27H,11-12,15H2,1-4H3/t19-/m1/s1. The number of carbonyl (C=O) groups is 1. The summed E-state index contributed by atoms with van der Waals surface area (Å²) >= 11 is 0. The SMILES string of the molecule is Cc1nc2cc(C#N)ccc2n1-c1ccc(N[C@@H]2CCN(C(=O)OC(C)(C)C)C2)cc1. The van der Waals surface area contributed by atoms with Gasteiger partial charge in [0.15, 0.2) is 0 Å². The Morgan fingerprint density at radius 3 is 2.65 bits per heavy atom. The number of aryl methyl sites for hydroxylation is 1. The Kier molecular flexibility index (Phi) is 5.32. The maximum atomic E-state index is 12.3. The van der Waals surface area contributed by atoms with Gasteiger partial charge in [-0.3, -0.25) is 4.57 Å². The number of benzene rings is 2. The van der Waals surface area contributed by atoms with Gasteiger partial charge < -0.3 is 15.0 Å². The van der Waals surface area contributed by atoms with Gasteiger partial charge in [0.1, 0.15) is 11.4 Å². The molecule has 2 aromatic carbocycles. The lowest BCUT2D eigenvalue weighted by Gasteiger charge is -2.24. The molecular formula is C24H27N5O2. The summed E-state index contributed by atoms with van der Waals surface area (Å²) in [5.41, 5.74) is 3.93. The second kappa shape index (κ2) is 7.95. The van der Waals surface area contributed by atoms with Crippen molar-refractivity contribution in [3.63, 3.8) is 0 Å². The van der Waals surface area contributed by atoms with Crippen LogP contribution in [0.1, 0.15) is 38.6 Å². The number of nitrogens with one attached hydrogen (secondary N) is 1. The second-order valence-electron chi connectivity index (χ2n) is 8.91. The molecule has 1 saturated heterocycles. The highest BCUT2D eigenvalue weighted by Crippen LogP contribution is 2.24. The van der Waals surface area contributed by atoms with Crippen LogP contribution >= 0.6 is 0 Å². The predicted octanol–water partition coefficient (Wildman–Crippen LogP) is 4.63. The van der Waals surface area contributed by atoms with E-state index in [-0.39, 0.29) is 12.1 Å². The number of imidazole rings is 1. The van der Waals surface area contributed by atoms with Crippen LogP contribution in [0.4, 0.5) is 10.5 Å². The molecule has 1 aliphatic rings. The van der Waals surface area contributed by atoms with E-state index in [1.807, 2.05) is 58.0 Å². The molecule has 3 aromatic rings. The number of hydrogen-bond donors (Lipinski definition) is 1. The Bertz CT molecular complexity index is 1150. The molecule has 1 amide bonds. The maximum absolute atomic E-state index is 12.3. The van der Waals surface area contributed by atoms with Gasteiger partial charge >= 0.3 is 6.09 Å². The van der Waals surface area contributed by atoms with Crippen LogP contribution in [0.3, 0.4) is 0 Å². The smallest absolute Gasteiger partial charge is 0.410 e. The van der Waals surface area contributed by atoms with E-state index in [1.54, 1.807) is 4.90 Å². The third kappa shape index (κ3) is 4.48. The van der Waals surface area contributed by atoms with Crippen LogP contribution in [0.25, 0.3) is 16.7 Å². The summed E-state index contributed by atoms with van der Waals surface area (Å²) in [7, 11) is 0. The lowest BCUT2D eigenvalue weighted by atomic mass is 10.2. The van der Waals surface area contributed by atoms with Gasteiger partial charge in [0.05, 0.1) is 22.7 Å². The normalized spacial score (nSPS) is 16.4. The fourth-order valence-electron chi connectivity index (χ4n) is 3.91. The second-order valence-corrected chi connectivity index (χ2v) is 8.91. The van der Waals surface area contributed by atoms with Gasteiger partial charge in [-0.15, -0.1) is 0 Å². The van der Waals surface area contributed by atoms with Gasteiger partial charge in [-0.25, -0.2) is 9.78 Å². The molecule has 1 N–H and O–H groups in total. The van der Waals surface area contributed by atoms with Crippen LogP contribution in [0, 0.1) is 18.3 Å². The van der Waals surface area contributed by atoms with Crippen LogP contribution < -0.4 is 5.32 Å². The molecule has 1 aromatic heterocycles. The highest BCUT2D eigenvalue weighted by Gasteiger charge is 2.29. The molecule has 1 fully saturated rings. The fourth-order valence-corrected chi connectivity index (χ4v) is 3.91. The molecule has 0 unspecified atom stereocenters. The minimum atomic E-state index is -0.482. The first-order chi connectivity index (χ1) is 14.7. The average Bonchev–Trinajstić information content (AvgIpc) is 3.30. The first kappa shape index (κ1) is 20.7. The van der Waals surface area contributed by atoms with E-state index in [2.05, 4.69) is 33.1 Å². The number of nitrogens with zero attached hydrogens (tertiary/aromatic N) is 4. The van der Waals surface area contributed by atoms with E-state index in [1.165, 1.54) is 0 Å². The van der Waals surface area contributed by atoms with Crippen molar-refractivity contribution in [1.29, 1.82) is 5.26 Å². The summed E-state index contributed by atoms with van der Waals surface area (Å²) in [4.78, 5) is 18.6. The number of carbonyl (C=O) groups excluding carboxylic acids is 1. The van der Waals surface area contributed by atoms with Gasteiger partial charge in [0.2, 0.25) is 0 Å². The molecule has 0 aliphatic carbocycles. The van der Waals surface area contributed by atoms with Crippen LogP contribution in [0.2, 0.25) is 0 Å². The van der Waals surface area contributed by atoms with Gasteiger partial charge in [-0.2, -0.15) is 5.26 Å². The zero-order chi connectivity index (χ0) is 22.2. The third-order valence-corrected chi connectivity index (χ3v) is 5.29. The highest BCUT2D eigenvalue weighted by atomic mass is 16.6. The lowest BCUT2D eigenvalue weighted by molar-refractivity contribution is 0.0293. The lowest BCUT2D eigenvalue weighted by Crippen LogP contribution is -2.36. The van der Waals surface area contributed by atoms with Gasteiger partial charge in [0, 0.05) is 30.5 Å². The topological polar surface area (TPSA) is 83.2 Å². The van der Waals surface area contributed by atoms with Gasteiger partial charge in [-0.1, -0.05) is 0 Å². The summed E-state index contributed by atoms with van der Waals surface area (Å²) in [6.45, 7) is 8.92. The first-order valence-electron chi connectivity index (χ1n) is 10.5. The molecule has 7 nitrogen and oxygen atoms in total. The van der Waals surface area contributed by atoms with E-state index in [9.17, 15) is 4.79 Å². The third-order valence-electron chi connectivity index (χ3n) is 5.29. The van der Waals surface area contributed by atoms with Crippen molar-refractivity contribution < 1.29 is 9.53 Å². The average molecular weight is 418 g/mol. The number of rotatable bonds is 3. The van der Waals surface area contributed by atoms with Crippen molar-refractivity contribution >= 4 is 22.8 Å². The van der Waals surface area contributed by atoms with E-state index >= 15 is 0 Å². The number of nitriles is 1. The minimum absolute atomic E-state index is 0.193. The Hall–Kier alpha value is -3.53. The number of fused-ring (bicyclic) bond motifs is 1. The van der Waals surface area contributed by atoms with Crippen molar-refractivity contribution in [3.05, 3.63) is 53.9 Å². The van der Waals surface area contributed by atoms with Crippen molar-refractivity contribution in [1.82, 2.24) is 14.5 Å². The van der Waals surface area contributed by atoms with E-state index in [0.29, 0.717) is 18.7 Å². The molecule has 0 saturated carbocycles. The molecule has 160 valence electrons. The molecule has 0 spiro atoms. The predicted molar refractivity (Wildman–Crippen MR) is 120 cm³/mol. The zero-order valence-corrected chi connectivity index (χ0v) is 18.3. The molecule has 4 rings (SSSR count). The van der Waals surface area contributed by atoms with Crippen molar-refractivity contribution in [2.24, 2.45) is 0 Å². The van der Waals surface area contributed by atoms with Crippen molar-refractivity contribution in [2.75, 3.05) is 18.4 Å². The number of hydrogen-bond acceptors (Lipinski definition) is 5. The molecule has 1 atom stereocenters. The molecular weight excluding hydrogens is 390 g/mol. The number of anilines is 1. The molecule has 0 radical (unpaired) electrons. The van der Waals surface area contributed by atoms with Crippen molar-refractivity contribution in [3.8, 4) is 11.8 Å². The summed E-state index contributed by atoms with van der Waals surface area (Å²) in [6, 6.07) is 16.1. The van der Waals surface area contributed by atoms with Crippen LogP contribution in [0.5, 0.6) is 0 Å². The summed E-state index contributed by atoms with van der Waals surface area (Å²) in [6.07, 6.45) is 0.627. The van der Waals surface area contributed by atoms with Gasteiger partial charge in [-0.05, 0) is 76.6 Å². The fraction of sp³-hybridized carbons (Fsp3) is 0.375. The van der Waals surface area contributed by atoms with E-state index in [4.69, 9.17) is 10.00 Å². The summed E-state index contributed by atoms with van der Waals surface area (Å²) in [5.74, 6) is 0.870. The van der Waals surface area contributed by atoms with Crippen molar-refractivity contribution in [2.45, 2.75) is 45.8 Å². The van der Waals surface area contributed by atoms with E-state index < -0.39 is 5.60 Å². The number of likely N-dealkylation sites (tertiary alicyclic amines) is 1. The Labute approximate surface area is 182 Å². The largest absolute Gasteiger partial charge is 0.444 e. The highest BCUT2D eigenvalue weighted by molar-refractivity contribution is 5.80. The monoisotopic (exact) mass is 417 g/mol. The summed E-state index contributed by atoms with van der Waals surface area (Å²) in [5, 5.41) is 12.6. The number of aromatic nitrogens is 2. The van der Waals surface area contributed by atoms with Crippen LogP contribution in [-0.2, 0) is 4.74 Å². The van der Waals surface area contributed by atoms with Crippen LogP contribution in [0.15, 0.2) is 42.5 Å². The Morgan fingerprint density at radius 2 is 1.97 bits per heavy atom. The Morgan fingerprint density at radius 1 is 1.23 bits per heavy atom. The molecule has 7 heteroatoms. The maximum Gasteiger partial charge on any atom is 0.410 e. The number of amides is 1. The van der Waals surface area contributed by atoms with E-state index in [0.717, 1.165) is 34.7 Å². The zero-order valence-electron chi connectivity index (χ0n) is 18.3. The molecule has 2 heterocycles. The molecule has 1 aliphatic heterocycles. The Balaban J connectivity index is 1.45. The first-order valence-corrected chi connectivity index (χ1v) is 10.5. The van der Waals surface area contributed by atoms with Gasteiger partial charge in [0.25, 0.3) is 0 Å². The molecule has 31 heavy (non-hydrogen) atoms. The summed E-state index contributed by atoms with van der Waals surface area (Å²) < 4.78 is 7.55. The van der Waals surface area contributed by atoms with Crippen LogP contribution in [-0.4, -0.2) is 45.3 Å². The minimum Gasteiger partial charge on any atom is -0.444 e. The quantitative estimate of drug-likeness (QED) is 0.672. The number of ether oxygens (including phenoxy) is 1. The molecule has 0 bridgehead atoms.